The number of amides is 1. The predicted molar refractivity (Wildman–Crippen MR) is 105 cm³/mol. The standard InChI is InChI=1S/C21H23N3O5/c1-27-20(26)15-2-4-17(5-3-15)23-18-12-16(13-22-14-18)19(25)24-8-6-21(7-9-24)28-10-11-29-21/h2-5,12-14,23H,6-11H2,1H3. The minimum absolute atomic E-state index is 0.0602. The Morgan fingerprint density at radius 3 is 2.38 bits per heavy atom. The van der Waals surface area contributed by atoms with Crippen molar-refractivity contribution in [2.24, 2.45) is 0 Å². The number of ether oxygens (including phenoxy) is 3. The SMILES string of the molecule is COC(=O)c1ccc(Nc2cncc(C(=O)N3CCC4(CC3)OCCO4)c2)cc1. The van der Waals surface area contributed by atoms with Crippen LogP contribution in [0.1, 0.15) is 33.6 Å². The summed E-state index contributed by atoms with van der Waals surface area (Å²) in [6, 6.07) is 8.66. The topological polar surface area (TPSA) is 90.0 Å². The van der Waals surface area contributed by atoms with Gasteiger partial charge in [-0.3, -0.25) is 9.78 Å². The summed E-state index contributed by atoms with van der Waals surface area (Å²) in [4.78, 5) is 30.4. The molecular formula is C21H23N3O5. The molecule has 2 aliphatic rings. The van der Waals surface area contributed by atoms with E-state index in [2.05, 4.69) is 10.3 Å². The lowest BCUT2D eigenvalue weighted by molar-refractivity contribution is -0.181. The van der Waals surface area contributed by atoms with E-state index in [0.29, 0.717) is 56.0 Å². The second-order valence-electron chi connectivity index (χ2n) is 7.06. The third-order valence-corrected chi connectivity index (χ3v) is 5.21. The summed E-state index contributed by atoms with van der Waals surface area (Å²) in [6.07, 6.45) is 4.57. The van der Waals surface area contributed by atoms with Crippen LogP contribution in [0, 0.1) is 0 Å². The van der Waals surface area contributed by atoms with Gasteiger partial charge in [0.2, 0.25) is 0 Å². The number of anilines is 2. The zero-order valence-corrected chi connectivity index (χ0v) is 16.2. The molecule has 29 heavy (non-hydrogen) atoms. The lowest BCUT2D eigenvalue weighted by Crippen LogP contribution is -2.47. The van der Waals surface area contributed by atoms with Crippen molar-refractivity contribution in [2.45, 2.75) is 18.6 Å². The first-order valence-electron chi connectivity index (χ1n) is 9.56. The van der Waals surface area contributed by atoms with Crippen LogP contribution >= 0.6 is 0 Å². The molecule has 8 nitrogen and oxygen atoms in total. The van der Waals surface area contributed by atoms with Crippen LogP contribution in [0.4, 0.5) is 11.4 Å². The maximum absolute atomic E-state index is 12.9. The number of carbonyl (C=O) groups is 2. The molecule has 2 fully saturated rings. The summed E-state index contributed by atoms with van der Waals surface area (Å²) >= 11 is 0. The molecule has 0 aliphatic carbocycles. The molecule has 0 atom stereocenters. The lowest BCUT2D eigenvalue weighted by Gasteiger charge is -2.37. The van der Waals surface area contributed by atoms with Gasteiger partial charge in [0.1, 0.15) is 0 Å². The third-order valence-electron chi connectivity index (χ3n) is 5.21. The summed E-state index contributed by atoms with van der Waals surface area (Å²) in [7, 11) is 1.35. The summed E-state index contributed by atoms with van der Waals surface area (Å²) < 4.78 is 16.1. The van der Waals surface area contributed by atoms with E-state index in [1.165, 1.54) is 7.11 Å². The zero-order chi connectivity index (χ0) is 20.3. The van der Waals surface area contributed by atoms with Crippen LogP contribution < -0.4 is 5.32 Å². The number of hydrogen-bond acceptors (Lipinski definition) is 7. The maximum Gasteiger partial charge on any atom is 0.337 e. The van der Waals surface area contributed by atoms with Gasteiger partial charge in [-0.05, 0) is 30.3 Å². The van der Waals surface area contributed by atoms with Gasteiger partial charge in [-0.15, -0.1) is 0 Å². The highest BCUT2D eigenvalue weighted by Gasteiger charge is 2.40. The van der Waals surface area contributed by atoms with Gasteiger partial charge in [0.25, 0.3) is 5.91 Å². The van der Waals surface area contributed by atoms with Crippen molar-refractivity contribution in [3.8, 4) is 0 Å². The van der Waals surface area contributed by atoms with Gasteiger partial charge in [-0.1, -0.05) is 0 Å². The molecule has 4 rings (SSSR count). The number of piperidine rings is 1. The van der Waals surface area contributed by atoms with Crippen LogP contribution in [-0.4, -0.2) is 61.0 Å². The van der Waals surface area contributed by atoms with Gasteiger partial charge in [0.15, 0.2) is 5.79 Å². The van der Waals surface area contributed by atoms with E-state index in [1.807, 2.05) is 4.90 Å². The van der Waals surface area contributed by atoms with Crippen LogP contribution in [0.25, 0.3) is 0 Å². The number of carbonyl (C=O) groups excluding carboxylic acids is 2. The average molecular weight is 397 g/mol. The van der Waals surface area contributed by atoms with Crippen LogP contribution in [0.3, 0.4) is 0 Å². The van der Waals surface area contributed by atoms with Crippen molar-refractivity contribution < 1.29 is 23.8 Å². The molecule has 0 radical (unpaired) electrons. The van der Waals surface area contributed by atoms with Crippen LogP contribution in [0.2, 0.25) is 0 Å². The summed E-state index contributed by atoms with van der Waals surface area (Å²) in [6.45, 7) is 2.41. The monoisotopic (exact) mass is 397 g/mol. The quantitative estimate of drug-likeness (QED) is 0.793. The second-order valence-corrected chi connectivity index (χ2v) is 7.06. The first kappa shape index (κ1) is 19.4. The Balaban J connectivity index is 1.40. The highest BCUT2D eigenvalue weighted by Crippen LogP contribution is 2.31. The molecule has 0 bridgehead atoms. The Hall–Kier alpha value is -2.97. The maximum atomic E-state index is 12.9. The molecule has 0 saturated carbocycles. The molecular weight excluding hydrogens is 374 g/mol. The molecule has 1 spiro atoms. The molecule has 1 amide bonds. The molecule has 1 aromatic heterocycles. The zero-order valence-electron chi connectivity index (χ0n) is 16.2. The fourth-order valence-electron chi connectivity index (χ4n) is 3.62. The number of likely N-dealkylation sites (tertiary alicyclic amines) is 1. The Kier molecular flexibility index (Phi) is 5.46. The predicted octanol–water partition coefficient (Wildman–Crippen LogP) is 2.59. The number of nitrogens with one attached hydrogen (secondary N) is 1. The van der Waals surface area contributed by atoms with Crippen molar-refractivity contribution in [1.82, 2.24) is 9.88 Å². The number of aromatic nitrogens is 1. The number of nitrogens with zero attached hydrogens (tertiary/aromatic N) is 2. The molecule has 1 aromatic carbocycles. The van der Waals surface area contributed by atoms with Crippen LogP contribution in [0.5, 0.6) is 0 Å². The minimum atomic E-state index is -0.505. The molecule has 3 heterocycles. The molecule has 8 heteroatoms. The van der Waals surface area contributed by atoms with E-state index in [1.54, 1.807) is 42.7 Å². The Morgan fingerprint density at radius 2 is 1.72 bits per heavy atom. The highest BCUT2D eigenvalue weighted by atomic mass is 16.7. The number of hydrogen-bond donors (Lipinski definition) is 1. The Labute approximate surface area is 168 Å². The minimum Gasteiger partial charge on any atom is -0.465 e. The van der Waals surface area contributed by atoms with E-state index in [-0.39, 0.29) is 11.9 Å². The van der Waals surface area contributed by atoms with Crippen LogP contribution in [-0.2, 0) is 14.2 Å². The number of pyridine rings is 1. The number of methoxy groups -OCH3 is 1. The van der Waals surface area contributed by atoms with Gasteiger partial charge in [0, 0.05) is 37.8 Å². The highest BCUT2D eigenvalue weighted by molar-refractivity contribution is 5.95. The van der Waals surface area contributed by atoms with E-state index in [4.69, 9.17) is 14.2 Å². The smallest absolute Gasteiger partial charge is 0.337 e. The van der Waals surface area contributed by atoms with E-state index in [9.17, 15) is 9.59 Å². The third kappa shape index (κ3) is 4.23. The van der Waals surface area contributed by atoms with Gasteiger partial charge >= 0.3 is 5.97 Å². The molecule has 1 N–H and O–H groups in total. The molecule has 152 valence electrons. The number of benzene rings is 1. The second kappa shape index (κ2) is 8.18. The van der Waals surface area contributed by atoms with Crippen molar-refractivity contribution in [3.05, 3.63) is 53.9 Å². The van der Waals surface area contributed by atoms with E-state index < -0.39 is 5.79 Å². The molecule has 0 unspecified atom stereocenters. The normalized spacial score (nSPS) is 17.9. The van der Waals surface area contributed by atoms with Gasteiger partial charge < -0.3 is 24.4 Å². The van der Waals surface area contributed by atoms with Gasteiger partial charge in [-0.2, -0.15) is 0 Å². The largest absolute Gasteiger partial charge is 0.465 e. The summed E-state index contributed by atoms with van der Waals surface area (Å²) in [5.74, 6) is -0.952. The number of esters is 1. The van der Waals surface area contributed by atoms with E-state index in [0.717, 1.165) is 5.69 Å². The fraction of sp³-hybridized carbons (Fsp3) is 0.381. The fourth-order valence-corrected chi connectivity index (χ4v) is 3.62. The summed E-state index contributed by atoms with van der Waals surface area (Å²) in [5.41, 5.74) is 2.46. The Morgan fingerprint density at radius 1 is 1.03 bits per heavy atom. The molecule has 2 aliphatic heterocycles. The van der Waals surface area contributed by atoms with Gasteiger partial charge in [0.05, 0.1) is 43.3 Å². The van der Waals surface area contributed by atoms with E-state index >= 15 is 0 Å². The van der Waals surface area contributed by atoms with Crippen molar-refractivity contribution >= 4 is 23.3 Å². The number of rotatable bonds is 4. The first-order valence-corrected chi connectivity index (χ1v) is 9.56. The Bertz CT molecular complexity index is 883. The van der Waals surface area contributed by atoms with Crippen molar-refractivity contribution in [1.29, 1.82) is 0 Å². The first-order chi connectivity index (χ1) is 14.1. The molecule has 2 aromatic rings. The van der Waals surface area contributed by atoms with Gasteiger partial charge in [-0.25, -0.2) is 4.79 Å². The van der Waals surface area contributed by atoms with Crippen molar-refractivity contribution in [2.75, 3.05) is 38.7 Å². The average Bonchev–Trinajstić information content (AvgIpc) is 3.22. The molecule has 2 saturated heterocycles. The lowest BCUT2D eigenvalue weighted by atomic mass is 10.0. The summed E-state index contributed by atoms with van der Waals surface area (Å²) in [5, 5.41) is 3.20. The van der Waals surface area contributed by atoms with Crippen molar-refractivity contribution in [3.63, 3.8) is 0 Å². The van der Waals surface area contributed by atoms with Crippen LogP contribution in [0.15, 0.2) is 42.7 Å².